The van der Waals surface area contributed by atoms with Gasteiger partial charge in [0.25, 0.3) is 0 Å². The molecule has 2 heterocycles. The van der Waals surface area contributed by atoms with Crippen LogP contribution >= 0.6 is 0 Å². The van der Waals surface area contributed by atoms with Gasteiger partial charge in [0.15, 0.2) is 17.5 Å². The summed E-state index contributed by atoms with van der Waals surface area (Å²) in [4.78, 5) is 15.6. The lowest BCUT2D eigenvalue weighted by atomic mass is 10.00. The van der Waals surface area contributed by atoms with Crippen molar-refractivity contribution in [2.24, 2.45) is 0 Å². The third-order valence-corrected chi connectivity index (χ3v) is 11.0. The monoisotopic (exact) mass is 726 g/mol. The second-order valence-corrected chi connectivity index (χ2v) is 14.5. The molecule has 4 nitrogen and oxygen atoms in total. The maximum Gasteiger partial charge on any atom is 0.164 e. The van der Waals surface area contributed by atoms with Crippen molar-refractivity contribution >= 4 is 43.4 Å². The van der Waals surface area contributed by atoms with Crippen LogP contribution in [0.2, 0.25) is 0 Å². The van der Waals surface area contributed by atoms with Gasteiger partial charge in [-0.15, -0.1) is 0 Å². The van der Waals surface area contributed by atoms with Crippen molar-refractivity contribution in [1.29, 1.82) is 0 Å². The molecule has 11 rings (SSSR count). The Morgan fingerprint density at radius 3 is 1.35 bits per heavy atom. The molecular weight excluding hydrogens is 693 g/mol. The van der Waals surface area contributed by atoms with E-state index in [1.54, 1.807) is 0 Å². The molecule has 9 aromatic carbocycles. The zero-order chi connectivity index (χ0) is 37.7. The zero-order valence-corrected chi connectivity index (χ0v) is 30.9. The van der Waals surface area contributed by atoms with E-state index in [9.17, 15) is 0 Å². The molecule has 0 saturated heterocycles. The van der Waals surface area contributed by atoms with E-state index in [1.807, 2.05) is 0 Å². The van der Waals surface area contributed by atoms with Crippen molar-refractivity contribution in [3.8, 4) is 62.1 Å². The summed E-state index contributed by atoms with van der Waals surface area (Å²) in [5.41, 5.74) is 10.7. The van der Waals surface area contributed by atoms with E-state index < -0.39 is 0 Å². The van der Waals surface area contributed by atoms with Crippen LogP contribution in [0.25, 0.3) is 105 Å². The van der Waals surface area contributed by atoms with Crippen LogP contribution in [0.3, 0.4) is 0 Å². The van der Waals surface area contributed by atoms with Crippen molar-refractivity contribution in [3.63, 3.8) is 0 Å². The van der Waals surface area contributed by atoms with Gasteiger partial charge in [0, 0.05) is 33.0 Å². The summed E-state index contributed by atoms with van der Waals surface area (Å²) in [7, 11) is 0. The van der Waals surface area contributed by atoms with Crippen LogP contribution < -0.4 is 0 Å². The summed E-state index contributed by atoms with van der Waals surface area (Å²) < 4.78 is 2.38. The molecule has 0 atom stereocenters. The molecule has 4 heteroatoms. The Morgan fingerprint density at radius 2 is 0.719 bits per heavy atom. The first kappa shape index (κ1) is 32.7. The molecule has 266 valence electrons. The lowest BCUT2D eigenvalue weighted by molar-refractivity contribution is 1.07. The third-order valence-electron chi connectivity index (χ3n) is 11.0. The standard InChI is InChI=1S/C53H34N4/c1-2-14-38(15-3-1)45-31-30-44(34-50(45)57-48-20-10-8-18-46(48)47-19-9-11-21-49(47)57)53-55-51(54-52(56-53)43-29-25-36-13-5-7-17-41(36)33-43)39-26-22-37(23-27-39)42-28-24-35-12-4-6-16-40(35)32-42/h1-34H. The average molecular weight is 727 g/mol. The molecule has 0 aliphatic heterocycles. The number of rotatable bonds is 6. The van der Waals surface area contributed by atoms with E-state index in [2.05, 4.69) is 211 Å². The summed E-state index contributed by atoms with van der Waals surface area (Å²) in [6, 6.07) is 72.9. The first-order chi connectivity index (χ1) is 28.2. The minimum Gasteiger partial charge on any atom is -0.309 e. The van der Waals surface area contributed by atoms with E-state index >= 15 is 0 Å². The van der Waals surface area contributed by atoms with Crippen molar-refractivity contribution in [2.45, 2.75) is 0 Å². The fourth-order valence-electron chi connectivity index (χ4n) is 8.17. The van der Waals surface area contributed by atoms with Gasteiger partial charge in [0.2, 0.25) is 0 Å². The van der Waals surface area contributed by atoms with E-state index in [0.29, 0.717) is 17.5 Å². The van der Waals surface area contributed by atoms with Crippen molar-refractivity contribution in [2.75, 3.05) is 0 Å². The Bertz CT molecular complexity index is 3240. The third kappa shape index (κ3) is 5.83. The number of aromatic nitrogens is 4. The van der Waals surface area contributed by atoms with Crippen molar-refractivity contribution < 1.29 is 0 Å². The molecule has 0 N–H and O–H groups in total. The topological polar surface area (TPSA) is 43.6 Å². The predicted octanol–water partition coefficient (Wildman–Crippen LogP) is 13.6. The van der Waals surface area contributed by atoms with Gasteiger partial charge in [0.1, 0.15) is 0 Å². The molecule has 11 aromatic rings. The summed E-state index contributed by atoms with van der Waals surface area (Å²) in [6.45, 7) is 0. The molecule has 0 fully saturated rings. The number of hydrogen-bond acceptors (Lipinski definition) is 3. The molecule has 0 bridgehead atoms. The van der Waals surface area contributed by atoms with Gasteiger partial charge < -0.3 is 4.57 Å². The molecule has 2 aromatic heterocycles. The van der Waals surface area contributed by atoms with E-state index in [4.69, 9.17) is 15.0 Å². The van der Waals surface area contributed by atoms with Gasteiger partial charge in [-0.1, -0.05) is 176 Å². The Balaban J connectivity index is 1.10. The number of nitrogens with zero attached hydrogens (tertiary/aromatic N) is 4. The first-order valence-corrected chi connectivity index (χ1v) is 19.3. The lowest BCUT2D eigenvalue weighted by Crippen LogP contribution is -2.02. The van der Waals surface area contributed by atoms with Gasteiger partial charge >= 0.3 is 0 Å². The highest BCUT2D eigenvalue weighted by molar-refractivity contribution is 6.10. The van der Waals surface area contributed by atoms with Gasteiger partial charge in [-0.3, -0.25) is 0 Å². The van der Waals surface area contributed by atoms with Crippen LogP contribution in [0.5, 0.6) is 0 Å². The quantitative estimate of drug-likeness (QED) is 0.171. The molecule has 57 heavy (non-hydrogen) atoms. The van der Waals surface area contributed by atoms with Gasteiger partial charge in [-0.2, -0.15) is 0 Å². The predicted molar refractivity (Wildman–Crippen MR) is 236 cm³/mol. The number of para-hydroxylation sites is 2. The molecule has 0 radical (unpaired) electrons. The molecule has 0 aliphatic rings. The van der Waals surface area contributed by atoms with E-state index in [-0.39, 0.29) is 0 Å². The number of hydrogen-bond donors (Lipinski definition) is 0. The molecule has 0 saturated carbocycles. The fourth-order valence-corrected chi connectivity index (χ4v) is 8.17. The molecule has 0 amide bonds. The second-order valence-electron chi connectivity index (χ2n) is 14.5. The van der Waals surface area contributed by atoms with Crippen LogP contribution in [-0.2, 0) is 0 Å². The summed E-state index contributed by atoms with van der Waals surface area (Å²) in [5, 5.41) is 7.19. The Hall–Kier alpha value is -7.69. The highest BCUT2D eigenvalue weighted by Gasteiger charge is 2.19. The van der Waals surface area contributed by atoms with Crippen LogP contribution in [-0.4, -0.2) is 19.5 Å². The summed E-state index contributed by atoms with van der Waals surface area (Å²) >= 11 is 0. The second kappa shape index (κ2) is 13.6. The Labute approximate surface area is 330 Å². The average Bonchev–Trinajstić information content (AvgIpc) is 3.63. The van der Waals surface area contributed by atoms with Crippen LogP contribution in [0.4, 0.5) is 0 Å². The smallest absolute Gasteiger partial charge is 0.164 e. The minimum atomic E-state index is 0.614. The van der Waals surface area contributed by atoms with E-state index in [1.165, 1.54) is 32.5 Å². The number of benzene rings is 9. The molecule has 0 unspecified atom stereocenters. The SMILES string of the molecule is c1ccc(-c2ccc(-c3nc(-c4ccc(-c5ccc6ccccc6c5)cc4)nc(-c4ccc5ccccc5c4)n3)cc2-n2c3ccccc3c3ccccc32)cc1. The van der Waals surface area contributed by atoms with E-state index in [0.717, 1.165) is 55.5 Å². The van der Waals surface area contributed by atoms with Gasteiger partial charge in [-0.05, 0) is 68.6 Å². The lowest BCUT2D eigenvalue weighted by Gasteiger charge is -2.16. The van der Waals surface area contributed by atoms with Gasteiger partial charge in [0.05, 0.1) is 16.7 Å². The largest absolute Gasteiger partial charge is 0.309 e. The maximum absolute atomic E-state index is 5.22. The molecular formula is C53H34N4. The van der Waals surface area contributed by atoms with Crippen LogP contribution in [0.15, 0.2) is 206 Å². The normalized spacial score (nSPS) is 11.5. The highest BCUT2D eigenvalue weighted by Crippen LogP contribution is 2.38. The highest BCUT2D eigenvalue weighted by atomic mass is 15.0. The molecule has 0 aliphatic carbocycles. The zero-order valence-electron chi connectivity index (χ0n) is 30.9. The molecule has 0 spiro atoms. The van der Waals surface area contributed by atoms with Crippen LogP contribution in [0, 0.1) is 0 Å². The van der Waals surface area contributed by atoms with Crippen molar-refractivity contribution in [3.05, 3.63) is 206 Å². The van der Waals surface area contributed by atoms with Crippen LogP contribution in [0.1, 0.15) is 0 Å². The first-order valence-electron chi connectivity index (χ1n) is 19.3. The number of fused-ring (bicyclic) bond motifs is 5. The maximum atomic E-state index is 5.22. The summed E-state index contributed by atoms with van der Waals surface area (Å²) in [6.07, 6.45) is 0. The fraction of sp³-hybridized carbons (Fsp3) is 0. The van der Waals surface area contributed by atoms with Gasteiger partial charge in [-0.25, -0.2) is 15.0 Å². The summed E-state index contributed by atoms with van der Waals surface area (Å²) in [5.74, 6) is 1.87. The Morgan fingerprint density at radius 1 is 0.281 bits per heavy atom. The minimum absolute atomic E-state index is 0.614. The Kier molecular flexibility index (Phi) is 7.78. The van der Waals surface area contributed by atoms with Crippen molar-refractivity contribution in [1.82, 2.24) is 19.5 Å².